The molecule has 0 spiro atoms. The van der Waals surface area contributed by atoms with Gasteiger partial charge in [-0.05, 0) is 29.9 Å². The van der Waals surface area contributed by atoms with Gasteiger partial charge in [0.1, 0.15) is 0 Å². The zero-order valence-electron chi connectivity index (χ0n) is 8.83. The molecule has 0 radical (unpaired) electrons. The van der Waals surface area contributed by atoms with E-state index in [4.69, 9.17) is 4.74 Å². The first kappa shape index (κ1) is 11.4. The average molecular weight is 202 g/mol. The van der Waals surface area contributed by atoms with E-state index in [1.165, 1.54) is 19.3 Å². The van der Waals surface area contributed by atoms with Crippen molar-refractivity contribution in [1.29, 1.82) is 0 Å². The van der Waals surface area contributed by atoms with Crippen molar-refractivity contribution in [2.24, 2.45) is 17.8 Å². The van der Waals surface area contributed by atoms with Gasteiger partial charge in [0.25, 0.3) is 0 Å². The average Bonchev–Trinajstić information content (AvgIpc) is 2.87. The maximum Gasteiger partial charge on any atom is 0.0504 e. The van der Waals surface area contributed by atoms with Crippen molar-refractivity contribution in [3.63, 3.8) is 0 Å². The van der Waals surface area contributed by atoms with Crippen LogP contribution in [0, 0.1) is 17.8 Å². The lowest BCUT2D eigenvalue weighted by Crippen LogP contribution is -2.18. The fraction of sp³-hybridized carbons (Fsp3) is 1.00. The van der Waals surface area contributed by atoms with Crippen molar-refractivity contribution < 1.29 is 4.74 Å². The van der Waals surface area contributed by atoms with Crippen LogP contribution in [0.2, 0.25) is 0 Å². The Bertz CT molecular complexity index is 132. The minimum absolute atomic E-state index is 0.627. The van der Waals surface area contributed by atoms with Crippen molar-refractivity contribution in [3.05, 3.63) is 0 Å². The minimum Gasteiger partial charge on any atom is -0.381 e. The Hall–Kier alpha value is 0.310. The lowest BCUT2D eigenvalue weighted by atomic mass is 9.99. The molecule has 13 heavy (non-hydrogen) atoms. The van der Waals surface area contributed by atoms with Crippen molar-refractivity contribution in [3.8, 4) is 0 Å². The Morgan fingerprint density at radius 3 is 2.54 bits per heavy atom. The molecule has 1 atom stereocenters. The molecular weight excluding hydrogens is 180 g/mol. The highest BCUT2D eigenvalue weighted by Gasteiger charge is 2.20. The standard InChI is InChI=1S/C11H22OS/c1-9(2)11(8-13)7-12-6-5-10-3-4-10/h9-11,13H,3-8H2,1-2H3. The highest BCUT2D eigenvalue weighted by molar-refractivity contribution is 7.80. The lowest BCUT2D eigenvalue weighted by molar-refractivity contribution is 0.0872. The lowest BCUT2D eigenvalue weighted by Gasteiger charge is -2.18. The van der Waals surface area contributed by atoms with E-state index in [1.54, 1.807) is 0 Å². The van der Waals surface area contributed by atoms with Crippen molar-refractivity contribution >= 4 is 12.6 Å². The van der Waals surface area contributed by atoms with Crippen LogP contribution >= 0.6 is 12.6 Å². The van der Waals surface area contributed by atoms with E-state index in [2.05, 4.69) is 26.5 Å². The largest absolute Gasteiger partial charge is 0.381 e. The Morgan fingerprint density at radius 2 is 2.08 bits per heavy atom. The van der Waals surface area contributed by atoms with Gasteiger partial charge in [-0.3, -0.25) is 0 Å². The molecule has 78 valence electrons. The van der Waals surface area contributed by atoms with Crippen LogP contribution < -0.4 is 0 Å². The quantitative estimate of drug-likeness (QED) is 0.493. The van der Waals surface area contributed by atoms with Gasteiger partial charge in [0.2, 0.25) is 0 Å². The SMILES string of the molecule is CC(C)C(CS)COCCC1CC1. The van der Waals surface area contributed by atoms with Gasteiger partial charge in [-0.1, -0.05) is 26.7 Å². The maximum absolute atomic E-state index is 5.65. The second-order valence-electron chi connectivity index (χ2n) is 4.49. The summed E-state index contributed by atoms with van der Waals surface area (Å²) in [6, 6.07) is 0. The Labute approximate surface area is 87.7 Å². The maximum atomic E-state index is 5.65. The van der Waals surface area contributed by atoms with E-state index < -0.39 is 0 Å². The van der Waals surface area contributed by atoms with Gasteiger partial charge >= 0.3 is 0 Å². The summed E-state index contributed by atoms with van der Waals surface area (Å²) in [4.78, 5) is 0. The molecule has 0 aliphatic heterocycles. The molecule has 0 amide bonds. The fourth-order valence-corrected chi connectivity index (χ4v) is 1.87. The zero-order valence-corrected chi connectivity index (χ0v) is 9.72. The summed E-state index contributed by atoms with van der Waals surface area (Å²) in [7, 11) is 0. The van der Waals surface area contributed by atoms with Crippen molar-refractivity contribution in [1.82, 2.24) is 0 Å². The molecule has 1 rings (SSSR count). The summed E-state index contributed by atoms with van der Waals surface area (Å²) < 4.78 is 5.65. The topological polar surface area (TPSA) is 9.23 Å². The molecule has 1 unspecified atom stereocenters. The van der Waals surface area contributed by atoms with Crippen LogP contribution in [0.1, 0.15) is 33.1 Å². The normalized spacial score (nSPS) is 19.4. The summed E-state index contributed by atoms with van der Waals surface area (Å²) >= 11 is 4.33. The van der Waals surface area contributed by atoms with Gasteiger partial charge in [-0.2, -0.15) is 12.6 Å². The molecule has 0 N–H and O–H groups in total. The second kappa shape index (κ2) is 5.92. The Kier molecular flexibility index (Phi) is 5.18. The van der Waals surface area contributed by atoms with Crippen LogP contribution in [0.15, 0.2) is 0 Å². The number of thiol groups is 1. The smallest absolute Gasteiger partial charge is 0.0504 e. The van der Waals surface area contributed by atoms with Gasteiger partial charge in [0, 0.05) is 6.61 Å². The van der Waals surface area contributed by atoms with Gasteiger partial charge in [-0.25, -0.2) is 0 Å². The highest BCUT2D eigenvalue weighted by Crippen LogP contribution is 2.32. The molecule has 0 heterocycles. The van der Waals surface area contributed by atoms with E-state index in [0.29, 0.717) is 11.8 Å². The summed E-state index contributed by atoms with van der Waals surface area (Å²) in [5.41, 5.74) is 0. The third kappa shape index (κ3) is 4.92. The molecular formula is C11H22OS. The van der Waals surface area contributed by atoms with Crippen LogP contribution in [-0.2, 0) is 4.74 Å². The third-order valence-electron chi connectivity index (χ3n) is 2.88. The molecule has 1 nitrogen and oxygen atoms in total. The third-order valence-corrected chi connectivity index (χ3v) is 3.35. The van der Waals surface area contributed by atoms with Gasteiger partial charge in [-0.15, -0.1) is 0 Å². The van der Waals surface area contributed by atoms with E-state index in [-0.39, 0.29) is 0 Å². The van der Waals surface area contributed by atoms with E-state index in [0.717, 1.165) is 24.9 Å². The summed E-state index contributed by atoms with van der Waals surface area (Å²) in [5, 5.41) is 0. The number of ether oxygens (including phenoxy) is 1. The summed E-state index contributed by atoms with van der Waals surface area (Å²) in [6.07, 6.45) is 4.14. The summed E-state index contributed by atoms with van der Waals surface area (Å²) in [5.74, 6) is 3.26. The van der Waals surface area contributed by atoms with Crippen molar-refractivity contribution in [2.45, 2.75) is 33.1 Å². The first-order valence-corrected chi connectivity index (χ1v) is 6.06. The van der Waals surface area contributed by atoms with Crippen LogP contribution in [0.5, 0.6) is 0 Å². The van der Waals surface area contributed by atoms with E-state index in [1.807, 2.05) is 0 Å². The van der Waals surface area contributed by atoms with Gasteiger partial charge in [0.15, 0.2) is 0 Å². The molecule has 0 aromatic rings. The molecule has 1 fully saturated rings. The van der Waals surface area contributed by atoms with Crippen LogP contribution in [0.4, 0.5) is 0 Å². The van der Waals surface area contributed by atoms with Crippen LogP contribution in [-0.4, -0.2) is 19.0 Å². The molecule has 1 aliphatic rings. The van der Waals surface area contributed by atoms with E-state index in [9.17, 15) is 0 Å². The van der Waals surface area contributed by atoms with Crippen molar-refractivity contribution in [2.75, 3.05) is 19.0 Å². The van der Waals surface area contributed by atoms with Crippen LogP contribution in [0.25, 0.3) is 0 Å². The molecule has 1 aliphatic carbocycles. The minimum atomic E-state index is 0.627. The predicted molar refractivity (Wildman–Crippen MR) is 60.3 cm³/mol. The zero-order chi connectivity index (χ0) is 9.68. The first-order chi connectivity index (χ1) is 6.24. The van der Waals surface area contributed by atoms with E-state index >= 15 is 0 Å². The monoisotopic (exact) mass is 202 g/mol. The summed E-state index contributed by atoms with van der Waals surface area (Å²) in [6.45, 7) is 6.34. The van der Waals surface area contributed by atoms with Crippen LogP contribution in [0.3, 0.4) is 0 Å². The number of rotatable bonds is 7. The Morgan fingerprint density at radius 1 is 1.38 bits per heavy atom. The number of hydrogen-bond donors (Lipinski definition) is 1. The second-order valence-corrected chi connectivity index (χ2v) is 4.86. The molecule has 1 saturated carbocycles. The van der Waals surface area contributed by atoms with Gasteiger partial charge in [0.05, 0.1) is 6.61 Å². The molecule has 0 aromatic carbocycles. The molecule has 0 aromatic heterocycles. The predicted octanol–water partition coefficient (Wildman–Crippen LogP) is 3.01. The fourth-order valence-electron chi connectivity index (χ4n) is 1.35. The highest BCUT2D eigenvalue weighted by atomic mass is 32.1. The Balaban J connectivity index is 1.94. The number of hydrogen-bond acceptors (Lipinski definition) is 2. The molecule has 2 heteroatoms. The molecule has 0 bridgehead atoms. The van der Waals surface area contributed by atoms with Gasteiger partial charge < -0.3 is 4.74 Å². The first-order valence-electron chi connectivity index (χ1n) is 5.42. The molecule has 0 saturated heterocycles.